The predicted octanol–water partition coefficient (Wildman–Crippen LogP) is 16.3. The van der Waals surface area contributed by atoms with Gasteiger partial charge in [0.1, 0.15) is 22.3 Å². The van der Waals surface area contributed by atoms with E-state index in [1.165, 1.54) is 64.8 Å². The van der Waals surface area contributed by atoms with Crippen LogP contribution >= 0.6 is 11.8 Å². The monoisotopic (exact) mass is 934 g/mol. The van der Waals surface area contributed by atoms with Gasteiger partial charge in [-0.3, -0.25) is 0 Å². The van der Waals surface area contributed by atoms with Gasteiger partial charge in [0.25, 0.3) is 0 Å². The normalized spacial score (nSPS) is 12.9. The molecule has 0 radical (unpaired) electrons. The smallest absolute Gasteiger partial charge is 0.249 e. The maximum Gasteiger partial charge on any atom is 0.249 e. The molecule has 11 aromatic carbocycles. The van der Waals surface area contributed by atoms with Gasteiger partial charge in [-0.05, 0) is 93.8 Å². The second-order valence-electron chi connectivity index (χ2n) is 19.1. The first kappa shape index (κ1) is 39.8. The van der Waals surface area contributed by atoms with Crippen LogP contribution < -0.4 is 21.3 Å². The zero-order valence-electron chi connectivity index (χ0n) is 38.7. The molecule has 0 amide bonds. The van der Waals surface area contributed by atoms with E-state index in [2.05, 4.69) is 234 Å². The van der Waals surface area contributed by atoms with Gasteiger partial charge in [-0.25, -0.2) is 0 Å². The van der Waals surface area contributed by atoms with Crippen LogP contribution in [0.3, 0.4) is 0 Å². The lowest BCUT2D eigenvalue weighted by Crippen LogP contribution is -2.59. The summed E-state index contributed by atoms with van der Waals surface area (Å²) in [7, 11) is 0. The second-order valence-corrected chi connectivity index (χ2v) is 20.2. The molecule has 0 saturated carbocycles. The number of nitrogens with zero attached hydrogens (tertiary/aromatic N) is 2. The highest BCUT2D eigenvalue weighted by atomic mass is 32.2. The Morgan fingerprint density at radius 1 is 0.347 bits per heavy atom. The molecule has 0 atom stereocenters. The third-order valence-corrected chi connectivity index (χ3v) is 16.4. The van der Waals surface area contributed by atoms with Crippen molar-refractivity contribution in [3.05, 3.63) is 237 Å². The number of fused-ring (bicyclic) bond motifs is 13. The summed E-state index contributed by atoms with van der Waals surface area (Å²) in [5, 5.41) is 6.98. The number of para-hydroxylation sites is 6. The van der Waals surface area contributed by atoms with Crippen molar-refractivity contribution in [2.24, 2.45) is 0 Å². The molecule has 334 valence electrons. The Bertz CT molecular complexity index is 4510. The second kappa shape index (κ2) is 15.3. The number of benzene rings is 11. The van der Waals surface area contributed by atoms with Crippen LogP contribution in [-0.4, -0.2) is 11.3 Å². The van der Waals surface area contributed by atoms with Crippen molar-refractivity contribution < 1.29 is 8.83 Å². The minimum absolute atomic E-state index is 0.0413. The van der Waals surface area contributed by atoms with Gasteiger partial charge in [0.05, 0.1) is 11.0 Å². The molecule has 5 heterocycles. The molecule has 6 heteroatoms. The molecule has 0 saturated heterocycles. The lowest BCUT2D eigenvalue weighted by atomic mass is 9.34. The lowest BCUT2D eigenvalue weighted by molar-refractivity contribution is 0.669. The van der Waals surface area contributed by atoms with Crippen LogP contribution in [0, 0.1) is 0 Å². The zero-order chi connectivity index (χ0) is 47.0. The van der Waals surface area contributed by atoms with Gasteiger partial charge in [-0.2, -0.15) is 0 Å². The molecule has 0 fully saturated rings. The van der Waals surface area contributed by atoms with Crippen molar-refractivity contribution >= 4 is 118 Å². The first-order valence-electron chi connectivity index (χ1n) is 24.6. The molecule has 4 nitrogen and oxygen atoms in total. The molecule has 0 bridgehead atoms. The summed E-state index contributed by atoms with van der Waals surface area (Å²) in [6.07, 6.45) is 0. The Kier molecular flexibility index (Phi) is 8.45. The van der Waals surface area contributed by atoms with Crippen molar-refractivity contribution in [3.8, 4) is 39.1 Å². The molecule has 0 N–H and O–H groups in total. The van der Waals surface area contributed by atoms with Crippen molar-refractivity contribution in [1.29, 1.82) is 0 Å². The zero-order valence-corrected chi connectivity index (χ0v) is 39.5. The fourth-order valence-corrected chi connectivity index (χ4v) is 13.3. The molecular weight excluding hydrogens is 896 g/mol. The molecule has 0 unspecified atom stereocenters. The summed E-state index contributed by atoms with van der Waals surface area (Å²) in [6.45, 7) is -0.0413. The Labute approximate surface area is 419 Å². The summed E-state index contributed by atoms with van der Waals surface area (Å²) in [5.74, 6) is 0. The Morgan fingerprint density at radius 3 is 1.53 bits per heavy atom. The fourth-order valence-electron chi connectivity index (χ4n) is 12.1. The van der Waals surface area contributed by atoms with Gasteiger partial charge >= 0.3 is 0 Å². The topological polar surface area (TPSA) is 34.5 Å². The maximum absolute atomic E-state index is 6.71. The molecule has 16 rings (SSSR count). The van der Waals surface area contributed by atoms with Gasteiger partial charge in [0.2, 0.25) is 6.71 Å². The minimum Gasteiger partial charge on any atom is -0.455 e. The minimum atomic E-state index is -0.0413. The van der Waals surface area contributed by atoms with E-state index in [1.54, 1.807) is 0 Å². The van der Waals surface area contributed by atoms with Crippen molar-refractivity contribution in [1.82, 2.24) is 4.57 Å². The van der Waals surface area contributed by atoms with E-state index in [-0.39, 0.29) is 6.71 Å². The Hall–Kier alpha value is -8.97. The number of rotatable bonds is 5. The van der Waals surface area contributed by atoms with Gasteiger partial charge < -0.3 is 18.3 Å². The quantitative estimate of drug-likeness (QED) is 0.161. The summed E-state index contributed by atoms with van der Waals surface area (Å²) in [6, 6.07) is 86.4. The van der Waals surface area contributed by atoms with Gasteiger partial charge in [0.15, 0.2) is 0 Å². The van der Waals surface area contributed by atoms with Crippen LogP contribution in [0.5, 0.6) is 0 Å². The van der Waals surface area contributed by atoms with E-state index in [9.17, 15) is 0 Å². The Morgan fingerprint density at radius 2 is 0.875 bits per heavy atom. The summed E-state index contributed by atoms with van der Waals surface area (Å²) >= 11 is 1.88. The molecule has 2 aliphatic rings. The first-order chi connectivity index (χ1) is 35.7. The fraction of sp³-hybridized carbons (Fsp3) is 0. The van der Waals surface area contributed by atoms with Crippen LogP contribution in [0.15, 0.2) is 255 Å². The SMILES string of the molecule is c1ccc(-c2ccc(N3c4cc(-c5cccc6c5oc5ccccc56)ccc4B4c5ccc(-c6cccc7c6oc6ccccc67)cc5Sc5cc(-n6c7ccccc7c7ccccc76)cc3c54)cc2)cc1. The predicted molar refractivity (Wildman–Crippen MR) is 302 cm³/mol. The van der Waals surface area contributed by atoms with Crippen LogP contribution in [0.25, 0.3) is 105 Å². The average Bonchev–Trinajstić information content (AvgIpc) is 4.13. The highest BCUT2D eigenvalue weighted by Gasteiger charge is 2.42. The molecular formula is C66H39BN2O2S. The third-order valence-electron chi connectivity index (χ3n) is 15.3. The Balaban J connectivity index is 0.966. The van der Waals surface area contributed by atoms with E-state index < -0.39 is 0 Å². The third kappa shape index (κ3) is 5.78. The van der Waals surface area contributed by atoms with E-state index >= 15 is 0 Å². The molecule has 0 aliphatic carbocycles. The number of hydrogen-bond donors (Lipinski definition) is 0. The van der Waals surface area contributed by atoms with E-state index in [4.69, 9.17) is 8.83 Å². The van der Waals surface area contributed by atoms with E-state index in [1.807, 2.05) is 23.9 Å². The molecule has 72 heavy (non-hydrogen) atoms. The van der Waals surface area contributed by atoms with Crippen LogP contribution in [-0.2, 0) is 0 Å². The highest BCUT2D eigenvalue weighted by molar-refractivity contribution is 8.00. The summed E-state index contributed by atoms with van der Waals surface area (Å²) in [4.78, 5) is 5.01. The van der Waals surface area contributed by atoms with E-state index in [0.29, 0.717) is 0 Å². The number of hydrogen-bond acceptors (Lipinski definition) is 4. The van der Waals surface area contributed by atoms with Crippen LogP contribution in [0.4, 0.5) is 17.1 Å². The molecule has 0 spiro atoms. The number of anilines is 3. The molecule has 3 aromatic heterocycles. The lowest BCUT2D eigenvalue weighted by Gasteiger charge is -2.41. The van der Waals surface area contributed by atoms with E-state index in [0.717, 1.165) is 83.2 Å². The average molecular weight is 935 g/mol. The number of aromatic nitrogens is 1. The van der Waals surface area contributed by atoms with Gasteiger partial charge in [-0.15, -0.1) is 0 Å². The standard InChI is InChI=1S/C66H39BN2O2S/c1-2-14-40(15-3-1)41-28-32-44(33-29-41)68-58-36-42(46-20-12-22-52-50-18-6-10-26-60(50)70-65(46)52)30-34-54(58)67-55-35-31-43(47-21-13-23-53-51-19-7-11-27-61(51)71-66(47)53)37-62(55)72-63-39-45(38-59(68)64(63)67)69-56-24-8-4-16-48(56)49-17-5-9-25-57(49)69/h1-39H. The van der Waals surface area contributed by atoms with Gasteiger partial charge in [-0.1, -0.05) is 193 Å². The largest absolute Gasteiger partial charge is 0.455 e. The maximum atomic E-state index is 6.71. The van der Waals surface area contributed by atoms with Crippen molar-refractivity contribution in [3.63, 3.8) is 0 Å². The summed E-state index contributed by atoms with van der Waals surface area (Å²) in [5.41, 5.74) is 21.2. The molecule has 14 aromatic rings. The van der Waals surface area contributed by atoms with Gasteiger partial charge in [0, 0.05) is 76.0 Å². The van der Waals surface area contributed by atoms with Crippen LogP contribution in [0.1, 0.15) is 0 Å². The first-order valence-corrected chi connectivity index (χ1v) is 25.4. The highest BCUT2D eigenvalue weighted by Crippen LogP contribution is 2.47. The van der Waals surface area contributed by atoms with Crippen LogP contribution in [0.2, 0.25) is 0 Å². The molecule has 2 aliphatic heterocycles. The van der Waals surface area contributed by atoms with Crippen molar-refractivity contribution in [2.45, 2.75) is 9.79 Å². The number of furan rings is 2. The summed E-state index contributed by atoms with van der Waals surface area (Å²) < 4.78 is 15.8. The van der Waals surface area contributed by atoms with Crippen molar-refractivity contribution in [2.75, 3.05) is 4.90 Å².